The molecule has 2 rings (SSSR count). The van der Waals surface area contributed by atoms with Gasteiger partial charge >= 0.3 is 0 Å². The number of halogens is 2. The van der Waals surface area contributed by atoms with Gasteiger partial charge in [-0.2, -0.15) is 0 Å². The second-order valence-electron chi connectivity index (χ2n) is 4.83. The Kier molecular flexibility index (Phi) is 5.26. The minimum atomic E-state index is -0.103. The fraction of sp³-hybridized carbons (Fsp3) is 0.188. The van der Waals surface area contributed by atoms with Crippen molar-refractivity contribution in [3.05, 3.63) is 57.0 Å². The van der Waals surface area contributed by atoms with Gasteiger partial charge in [0.15, 0.2) is 0 Å². The minimum absolute atomic E-state index is 0.103. The lowest BCUT2D eigenvalue weighted by Gasteiger charge is -2.10. The van der Waals surface area contributed by atoms with E-state index in [1.165, 1.54) is 0 Å². The molecule has 21 heavy (non-hydrogen) atoms. The van der Waals surface area contributed by atoms with E-state index in [0.717, 1.165) is 27.0 Å². The van der Waals surface area contributed by atoms with Gasteiger partial charge in [0, 0.05) is 20.9 Å². The summed E-state index contributed by atoms with van der Waals surface area (Å²) >= 11 is 9.48. The second-order valence-corrected chi connectivity index (χ2v) is 6.09. The SMILES string of the molecule is Cc1ccc(NCC(=O)Nc2ccc(Br)c(C)c2)cc1Cl. The molecular formula is C16H16BrClN2O. The summed E-state index contributed by atoms with van der Waals surface area (Å²) in [5.74, 6) is -0.103. The summed E-state index contributed by atoms with van der Waals surface area (Å²) in [7, 11) is 0. The van der Waals surface area contributed by atoms with Gasteiger partial charge in [-0.3, -0.25) is 4.79 Å². The molecule has 0 unspecified atom stereocenters. The number of hydrogen-bond acceptors (Lipinski definition) is 2. The van der Waals surface area contributed by atoms with Crippen LogP contribution in [0.15, 0.2) is 40.9 Å². The predicted molar refractivity (Wildman–Crippen MR) is 92.2 cm³/mol. The van der Waals surface area contributed by atoms with Gasteiger partial charge in [-0.05, 0) is 55.3 Å². The first-order valence-electron chi connectivity index (χ1n) is 6.52. The normalized spacial score (nSPS) is 10.3. The first-order chi connectivity index (χ1) is 9.95. The Morgan fingerprint density at radius 2 is 1.81 bits per heavy atom. The van der Waals surface area contributed by atoms with Crippen molar-refractivity contribution in [2.24, 2.45) is 0 Å². The van der Waals surface area contributed by atoms with Gasteiger partial charge in [0.2, 0.25) is 5.91 Å². The molecule has 0 aromatic heterocycles. The highest BCUT2D eigenvalue weighted by atomic mass is 79.9. The van der Waals surface area contributed by atoms with E-state index in [1.54, 1.807) is 0 Å². The lowest BCUT2D eigenvalue weighted by atomic mass is 10.2. The standard InChI is InChI=1S/C16H16BrClN2O/c1-10-3-4-12(8-15(10)18)19-9-16(21)20-13-5-6-14(17)11(2)7-13/h3-8,19H,9H2,1-2H3,(H,20,21). The average Bonchev–Trinajstić information content (AvgIpc) is 2.44. The van der Waals surface area contributed by atoms with E-state index < -0.39 is 0 Å². The van der Waals surface area contributed by atoms with Crippen LogP contribution in [0.3, 0.4) is 0 Å². The monoisotopic (exact) mass is 366 g/mol. The zero-order chi connectivity index (χ0) is 15.4. The molecule has 0 spiro atoms. The van der Waals surface area contributed by atoms with E-state index in [9.17, 15) is 4.79 Å². The Morgan fingerprint density at radius 3 is 2.48 bits per heavy atom. The molecule has 3 nitrogen and oxygen atoms in total. The molecule has 110 valence electrons. The fourth-order valence-electron chi connectivity index (χ4n) is 1.81. The summed E-state index contributed by atoms with van der Waals surface area (Å²) in [6.07, 6.45) is 0. The molecule has 0 radical (unpaired) electrons. The molecule has 2 aromatic rings. The first kappa shape index (κ1) is 15.9. The molecule has 0 saturated heterocycles. The van der Waals surface area contributed by atoms with Crippen molar-refractivity contribution in [1.29, 1.82) is 0 Å². The summed E-state index contributed by atoms with van der Waals surface area (Å²) in [6.45, 7) is 4.11. The minimum Gasteiger partial charge on any atom is -0.376 e. The van der Waals surface area contributed by atoms with Crippen molar-refractivity contribution in [2.45, 2.75) is 13.8 Å². The van der Waals surface area contributed by atoms with Crippen molar-refractivity contribution in [1.82, 2.24) is 0 Å². The third kappa shape index (κ3) is 4.48. The highest BCUT2D eigenvalue weighted by molar-refractivity contribution is 9.10. The number of hydrogen-bond donors (Lipinski definition) is 2. The molecule has 0 aliphatic heterocycles. The quantitative estimate of drug-likeness (QED) is 0.817. The Balaban J connectivity index is 1.92. The Bertz CT molecular complexity index is 673. The maximum absolute atomic E-state index is 11.9. The average molecular weight is 368 g/mol. The molecule has 0 heterocycles. The van der Waals surface area contributed by atoms with Crippen LogP contribution in [0.1, 0.15) is 11.1 Å². The molecule has 2 aromatic carbocycles. The summed E-state index contributed by atoms with van der Waals surface area (Å²) < 4.78 is 1.02. The summed E-state index contributed by atoms with van der Waals surface area (Å²) in [6, 6.07) is 11.3. The summed E-state index contributed by atoms with van der Waals surface area (Å²) in [4.78, 5) is 11.9. The number of carbonyl (C=O) groups excluding carboxylic acids is 1. The molecule has 0 aliphatic rings. The van der Waals surface area contributed by atoms with E-state index in [1.807, 2.05) is 50.2 Å². The van der Waals surface area contributed by atoms with Crippen molar-refractivity contribution < 1.29 is 4.79 Å². The third-order valence-electron chi connectivity index (χ3n) is 3.07. The Morgan fingerprint density at radius 1 is 1.10 bits per heavy atom. The van der Waals surface area contributed by atoms with Crippen molar-refractivity contribution in [3.63, 3.8) is 0 Å². The van der Waals surface area contributed by atoms with Crippen LogP contribution in [0, 0.1) is 13.8 Å². The van der Waals surface area contributed by atoms with Gasteiger partial charge < -0.3 is 10.6 Å². The van der Waals surface area contributed by atoms with Crippen LogP contribution in [0.25, 0.3) is 0 Å². The van der Waals surface area contributed by atoms with Gasteiger partial charge in [-0.1, -0.05) is 33.6 Å². The van der Waals surface area contributed by atoms with E-state index >= 15 is 0 Å². The van der Waals surface area contributed by atoms with Crippen LogP contribution >= 0.6 is 27.5 Å². The van der Waals surface area contributed by atoms with Gasteiger partial charge in [0.25, 0.3) is 0 Å². The Labute approximate surface area is 137 Å². The molecule has 1 amide bonds. The molecule has 2 N–H and O–H groups in total. The molecule has 0 atom stereocenters. The number of rotatable bonds is 4. The highest BCUT2D eigenvalue weighted by Gasteiger charge is 2.04. The van der Waals surface area contributed by atoms with Crippen molar-refractivity contribution in [3.8, 4) is 0 Å². The van der Waals surface area contributed by atoms with Crippen LogP contribution in [0.4, 0.5) is 11.4 Å². The number of aryl methyl sites for hydroxylation is 2. The molecule has 5 heteroatoms. The molecular weight excluding hydrogens is 352 g/mol. The first-order valence-corrected chi connectivity index (χ1v) is 7.69. The third-order valence-corrected chi connectivity index (χ3v) is 4.36. The summed E-state index contributed by atoms with van der Waals surface area (Å²) in [5.41, 5.74) is 3.69. The molecule has 0 saturated carbocycles. The topological polar surface area (TPSA) is 41.1 Å². The molecule has 0 aliphatic carbocycles. The maximum atomic E-state index is 11.9. The number of amides is 1. The second kappa shape index (κ2) is 6.96. The van der Waals surface area contributed by atoms with Crippen LogP contribution in [-0.2, 0) is 4.79 Å². The largest absolute Gasteiger partial charge is 0.376 e. The van der Waals surface area contributed by atoms with E-state index in [4.69, 9.17) is 11.6 Å². The smallest absolute Gasteiger partial charge is 0.243 e. The number of benzene rings is 2. The van der Waals surface area contributed by atoms with E-state index in [0.29, 0.717) is 5.02 Å². The highest BCUT2D eigenvalue weighted by Crippen LogP contribution is 2.21. The van der Waals surface area contributed by atoms with Crippen molar-refractivity contribution >= 4 is 44.8 Å². The van der Waals surface area contributed by atoms with Crippen LogP contribution in [-0.4, -0.2) is 12.5 Å². The van der Waals surface area contributed by atoms with Gasteiger partial charge in [-0.15, -0.1) is 0 Å². The molecule has 0 fully saturated rings. The number of nitrogens with one attached hydrogen (secondary N) is 2. The maximum Gasteiger partial charge on any atom is 0.243 e. The van der Waals surface area contributed by atoms with Crippen molar-refractivity contribution in [2.75, 3.05) is 17.2 Å². The van der Waals surface area contributed by atoms with Crippen LogP contribution in [0.2, 0.25) is 5.02 Å². The van der Waals surface area contributed by atoms with Gasteiger partial charge in [-0.25, -0.2) is 0 Å². The van der Waals surface area contributed by atoms with Crippen LogP contribution < -0.4 is 10.6 Å². The Hall–Kier alpha value is -1.52. The summed E-state index contributed by atoms with van der Waals surface area (Å²) in [5, 5.41) is 6.59. The molecule has 0 bridgehead atoms. The number of anilines is 2. The lowest BCUT2D eigenvalue weighted by molar-refractivity contribution is -0.114. The van der Waals surface area contributed by atoms with E-state index in [2.05, 4.69) is 26.6 Å². The lowest BCUT2D eigenvalue weighted by Crippen LogP contribution is -2.21. The number of carbonyl (C=O) groups is 1. The van der Waals surface area contributed by atoms with Crippen LogP contribution in [0.5, 0.6) is 0 Å². The zero-order valence-electron chi connectivity index (χ0n) is 11.8. The van der Waals surface area contributed by atoms with Gasteiger partial charge in [0.1, 0.15) is 0 Å². The zero-order valence-corrected chi connectivity index (χ0v) is 14.2. The predicted octanol–water partition coefficient (Wildman–Crippen LogP) is 4.77. The van der Waals surface area contributed by atoms with E-state index in [-0.39, 0.29) is 12.5 Å². The van der Waals surface area contributed by atoms with Gasteiger partial charge in [0.05, 0.1) is 6.54 Å². The fourth-order valence-corrected chi connectivity index (χ4v) is 2.24.